The van der Waals surface area contributed by atoms with Gasteiger partial charge in [-0.05, 0) is 61.5 Å². The molecule has 1 amide bonds. The molecule has 2 heterocycles. The van der Waals surface area contributed by atoms with Gasteiger partial charge in [-0.15, -0.1) is 0 Å². The zero-order chi connectivity index (χ0) is 22.6. The molecule has 0 radical (unpaired) electrons. The van der Waals surface area contributed by atoms with Gasteiger partial charge in [0.1, 0.15) is 5.75 Å². The Hall–Kier alpha value is -1.63. The average Bonchev–Trinajstić information content (AvgIpc) is 3.02. The summed E-state index contributed by atoms with van der Waals surface area (Å²) in [5.74, 6) is 0.876. The van der Waals surface area contributed by atoms with Crippen LogP contribution in [0.2, 0.25) is 18.1 Å². The number of carbonyl (C=O) groups excluding carboxylic acids is 1. The minimum atomic E-state index is -1.96. The van der Waals surface area contributed by atoms with Crippen molar-refractivity contribution in [2.75, 3.05) is 7.11 Å². The third kappa shape index (κ3) is 3.87. The Kier molecular flexibility index (Phi) is 5.64. The van der Waals surface area contributed by atoms with E-state index in [9.17, 15) is 9.90 Å². The van der Waals surface area contributed by atoms with Crippen LogP contribution in [0.4, 0.5) is 0 Å². The number of amides is 1. The maximum Gasteiger partial charge on any atom is 0.247 e. The van der Waals surface area contributed by atoms with Crippen molar-refractivity contribution in [2.24, 2.45) is 5.92 Å². The van der Waals surface area contributed by atoms with Crippen molar-refractivity contribution in [3.05, 3.63) is 42.0 Å². The molecular formula is C25H37NO4Si. The van der Waals surface area contributed by atoms with Gasteiger partial charge in [-0.2, -0.15) is 0 Å². The van der Waals surface area contributed by atoms with Gasteiger partial charge >= 0.3 is 0 Å². The zero-order valence-electron chi connectivity index (χ0n) is 19.7. The number of aliphatic hydroxyl groups excluding tert-OH is 1. The predicted molar refractivity (Wildman–Crippen MR) is 125 cm³/mol. The van der Waals surface area contributed by atoms with Gasteiger partial charge in [0.25, 0.3) is 0 Å². The number of aliphatic hydroxyl groups is 1. The monoisotopic (exact) mass is 443 g/mol. The first-order valence-electron chi connectivity index (χ1n) is 11.5. The van der Waals surface area contributed by atoms with Gasteiger partial charge in [0.2, 0.25) is 5.91 Å². The summed E-state index contributed by atoms with van der Waals surface area (Å²) in [6.07, 6.45) is 6.45. The van der Waals surface area contributed by atoms with Crippen LogP contribution in [0, 0.1) is 5.92 Å². The molecule has 3 aliphatic rings. The van der Waals surface area contributed by atoms with Crippen molar-refractivity contribution in [2.45, 2.75) is 88.4 Å². The molecule has 1 N–H and O–H groups in total. The Labute approximate surface area is 187 Å². The number of nitrogens with zero attached hydrogens (tertiary/aromatic N) is 1. The topological polar surface area (TPSA) is 59.0 Å². The number of fused-ring (bicyclic) bond motifs is 1. The second kappa shape index (κ2) is 7.75. The molecule has 2 aliphatic heterocycles. The fourth-order valence-electron chi connectivity index (χ4n) is 5.41. The molecule has 5 atom stereocenters. The Bertz CT molecular complexity index is 859. The summed E-state index contributed by atoms with van der Waals surface area (Å²) in [4.78, 5) is 14.8. The van der Waals surface area contributed by atoms with E-state index in [0.717, 1.165) is 30.6 Å². The largest absolute Gasteiger partial charge is 0.497 e. The summed E-state index contributed by atoms with van der Waals surface area (Å²) >= 11 is 0. The van der Waals surface area contributed by atoms with Crippen LogP contribution in [0.1, 0.15) is 45.6 Å². The summed E-state index contributed by atoms with van der Waals surface area (Å²) in [7, 11) is -0.303. The molecule has 6 heteroatoms. The molecule has 2 fully saturated rings. The highest BCUT2D eigenvalue weighted by molar-refractivity contribution is 6.74. The number of methoxy groups -OCH3 is 1. The molecule has 0 unspecified atom stereocenters. The molecule has 1 aromatic rings. The van der Waals surface area contributed by atoms with Crippen molar-refractivity contribution in [1.29, 1.82) is 0 Å². The van der Waals surface area contributed by atoms with E-state index in [2.05, 4.69) is 39.9 Å². The van der Waals surface area contributed by atoms with E-state index in [0.29, 0.717) is 6.42 Å². The lowest BCUT2D eigenvalue weighted by Gasteiger charge is -2.58. The van der Waals surface area contributed by atoms with Gasteiger partial charge in [-0.25, -0.2) is 0 Å². The van der Waals surface area contributed by atoms with Crippen LogP contribution in [0.15, 0.2) is 36.4 Å². The number of hydrogen-bond donors (Lipinski definition) is 1. The Morgan fingerprint density at radius 3 is 2.52 bits per heavy atom. The van der Waals surface area contributed by atoms with Crippen molar-refractivity contribution in [3.8, 4) is 5.75 Å². The standard InChI is InChI=1S/C25H37NO4Si/c1-24(2,3)31(5,6)30-21-11-13-25-14-12-22(27)26(25)20(23(28)19(21)16-25)15-17-7-9-18(29-4)10-8-17/h7-10,12,14,19-21,23,28H,11,13,15-16H2,1-6H3/t19-,20-,21-,23+,25+/m1/s1. The molecule has 170 valence electrons. The highest BCUT2D eigenvalue weighted by Gasteiger charge is 2.58. The number of rotatable bonds is 5. The maximum absolute atomic E-state index is 12.9. The highest BCUT2D eigenvalue weighted by Crippen LogP contribution is 2.51. The number of piperidine rings is 1. The molecule has 31 heavy (non-hydrogen) atoms. The maximum atomic E-state index is 12.9. The van der Waals surface area contributed by atoms with E-state index in [1.165, 1.54) is 0 Å². The Morgan fingerprint density at radius 2 is 1.90 bits per heavy atom. The van der Waals surface area contributed by atoms with E-state index in [1.807, 2.05) is 29.2 Å². The molecular weight excluding hydrogens is 406 g/mol. The third-order valence-electron chi connectivity index (χ3n) is 8.20. The van der Waals surface area contributed by atoms with E-state index in [-0.39, 0.29) is 34.5 Å². The van der Waals surface area contributed by atoms with Crippen molar-refractivity contribution in [1.82, 2.24) is 4.90 Å². The molecule has 0 aromatic heterocycles. The molecule has 1 aromatic carbocycles. The van der Waals surface area contributed by atoms with Crippen LogP contribution in [-0.4, -0.2) is 55.1 Å². The van der Waals surface area contributed by atoms with Gasteiger partial charge in [-0.1, -0.05) is 39.0 Å². The average molecular weight is 444 g/mol. The van der Waals surface area contributed by atoms with E-state index >= 15 is 0 Å². The predicted octanol–water partition coefficient (Wildman–Crippen LogP) is 4.31. The quantitative estimate of drug-likeness (QED) is 0.689. The summed E-state index contributed by atoms with van der Waals surface area (Å²) in [6.45, 7) is 11.3. The Balaban J connectivity index is 1.62. The minimum Gasteiger partial charge on any atom is -0.497 e. The molecule has 5 nitrogen and oxygen atoms in total. The first-order chi connectivity index (χ1) is 14.5. The fraction of sp³-hybridized carbons (Fsp3) is 0.640. The molecule has 4 rings (SSSR count). The summed E-state index contributed by atoms with van der Waals surface area (Å²) in [6, 6.07) is 7.68. The Morgan fingerprint density at radius 1 is 1.23 bits per heavy atom. The summed E-state index contributed by atoms with van der Waals surface area (Å²) < 4.78 is 12.1. The highest BCUT2D eigenvalue weighted by atomic mass is 28.4. The van der Waals surface area contributed by atoms with Crippen molar-refractivity contribution < 1.29 is 19.1 Å². The molecule has 1 spiro atoms. The lowest BCUT2D eigenvalue weighted by atomic mass is 9.66. The molecule has 1 saturated carbocycles. The van der Waals surface area contributed by atoms with Gasteiger partial charge in [0.15, 0.2) is 8.32 Å². The van der Waals surface area contributed by atoms with Gasteiger partial charge in [-0.3, -0.25) is 4.79 Å². The molecule has 1 aliphatic carbocycles. The molecule has 1 saturated heterocycles. The van der Waals surface area contributed by atoms with E-state index < -0.39 is 14.4 Å². The van der Waals surface area contributed by atoms with Gasteiger partial charge in [0, 0.05) is 12.0 Å². The van der Waals surface area contributed by atoms with Crippen LogP contribution < -0.4 is 4.74 Å². The number of benzene rings is 1. The summed E-state index contributed by atoms with van der Waals surface area (Å²) in [5, 5.41) is 11.7. The SMILES string of the molecule is COc1ccc(C[C@@H]2[C@@H](O)[C@@H]3C[C@@]4(C=CC(=O)N24)CC[C@H]3O[Si](C)(C)C(C)(C)C)cc1. The van der Waals surface area contributed by atoms with Crippen molar-refractivity contribution >= 4 is 14.2 Å². The van der Waals surface area contributed by atoms with E-state index in [1.54, 1.807) is 13.2 Å². The normalized spacial score (nSPS) is 32.9. The molecule has 2 bridgehead atoms. The van der Waals surface area contributed by atoms with Crippen LogP contribution in [-0.2, 0) is 15.6 Å². The first-order valence-corrected chi connectivity index (χ1v) is 14.4. The van der Waals surface area contributed by atoms with Crippen molar-refractivity contribution in [3.63, 3.8) is 0 Å². The van der Waals surface area contributed by atoms with E-state index in [4.69, 9.17) is 9.16 Å². The second-order valence-electron chi connectivity index (χ2n) is 11.1. The van der Waals surface area contributed by atoms with Crippen LogP contribution in [0.5, 0.6) is 5.75 Å². The lowest BCUT2D eigenvalue weighted by Crippen LogP contribution is -2.68. The summed E-state index contributed by atoms with van der Waals surface area (Å²) in [5.41, 5.74) is 0.826. The van der Waals surface area contributed by atoms with Crippen LogP contribution in [0.25, 0.3) is 0 Å². The number of hydrogen-bond acceptors (Lipinski definition) is 4. The second-order valence-corrected chi connectivity index (χ2v) is 15.8. The minimum absolute atomic E-state index is 0.0276. The zero-order valence-corrected chi connectivity index (χ0v) is 20.7. The third-order valence-corrected chi connectivity index (χ3v) is 12.7. The first kappa shape index (κ1) is 22.6. The number of ether oxygens (including phenoxy) is 1. The number of carbonyl (C=O) groups is 1. The van der Waals surface area contributed by atoms with Gasteiger partial charge < -0.3 is 19.2 Å². The smallest absolute Gasteiger partial charge is 0.247 e. The van der Waals surface area contributed by atoms with Gasteiger partial charge in [0.05, 0.1) is 30.9 Å². The fourth-order valence-corrected chi connectivity index (χ4v) is 6.82. The lowest BCUT2D eigenvalue weighted by molar-refractivity contribution is -0.161. The van der Waals surface area contributed by atoms with Crippen LogP contribution >= 0.6 is 0 Å². The van der Waals surface area contributed by atoms with Crippen LogP contribution in [0.3, 0.4) is 0 Å².